The van der Waals surface area contributed by atoms with Crippen LogP contribution in [-0.4, -0.2) is 18.5 Å². The van der Waals surface area contributed by atoms with Crippen LogP contribution in [0.25, 0.3) is 0 Å². The first kappa shape index (κ1) is 11.6. The number of carbonyl (C=O) groups excluding carboxylic acids is 1. The van der Waals surface area contributed by atoms with Crippen LogP contribution < -0.4 is 11.1 Å². The normalized spacial score (nSPS) is 18.6. The number of amides is 1. The fraction of sp³-hybridized carbons (Fsp3) is 0.583. The Kier molecular flexibility index (Phi) is 3.96. The molecule has 0 bridgehead atoms. The van der Waals surface area contributed by atoms with E-state index in [1.165, 1.54) is 37.0 Å². The standard InChI is InChI=1S/C12H18N2OS/c13-8-10(9-4-1-2-5-9)14-12(15)11-6-3-7-16-11/h3,6-7,9-10H,1-2,4-5,8,13H2,(H,14,15). The van der Waals surface area contributed by atoms with Gasteiger partial charge in [-0.05, 0) is 30.2 Å². The van der Waals surface area contributed by atoms with E-state index in [-0.39, 0.29) is 11.9 Å². The molecule has 0 aromatic carbocycles. The Bertz CT molecular complexity index is 331. The van der Waals surface area contributed by atoms with Crippen LogP contribution in [0.2, 0.25) is 0 Å². The molecule has 1 aliphatic carbocycles. The summed E-state index contributed by atoms with van der Waals surface area (Å²) in [4.78, 5) is 12.7. The van der Waals surface area contributed by atoms with Crippen LogP contribution in [-0.2, 0) is 0 Å². The van der Waals surface area contributed by atoms with E-state index in [1.807, 2.05) is 17.5 Å². The minimum atomic E-state index is 0.0253. The Morgan fingerprint density at radius 3 is 2.88 bits per heavy atom. The van der Waals surface area contributed by atoms with Gasteiger partial charge in [0.1, 0.15) is 0 Å². The molecular formula is C12H18N2OS. The van der Waals surface area contributed by atoms with Crippen LogP contribution in [0.5, 0.6) is 0 Å². The maximum Gasteiger partial charge on any atom is 0.261 e. The lowest BCUT2D eigenvalue weighted by Gasteiger charge is -2.22. The first-order valence-electron chi connectivity index (χ1n) is 5.85. The molecule has 1 atom stereocenters. The predicted molar refractivity (Wildman–Crippen MR) is 66.6 cm³/mol. The Morgan fingerprint density at radius 2 is 2.31 bits per heavy atom. The van der Waals surface area contributed by atoms with Gasteiger partial charge >= 0.3 is 0 Å². The van der Waals surface area contributed by atoms with Crippen molar-refractivity contribution in [1.29, 1.82) is 0 Å². The highest BCUT2D eigenvalue weighted by molar-refractivity contribution is 7.12. The van der Waals surface area contributed by atoms with E-state index in [0.717, 1.165) is 4.88 Å². The second-order valence-electron chi connectivity index (χ2n) is 4.34. The summed E-state index contributed by atoms with van der Waals surface area (Å²) in [7, 11) is 0. The molecule has 0 radical (unpaired) electrons. The van der Waals surface area contributed by atoms with E-state index in [4.69, 9.17) is 5.73 Å². The molecule has 1 aromatic heterocycles. The van der Waals surface area contributed by atoms with Gasteiger partial charge in [0.05, 0.1) is 4.88 Å². The zero-order chi connectivity index (χ0) is 11.4. The largest absolute Gasteiger partial charge is 0.347 e. The summed E-state index contributed by atoms with van der Waals surface area (Å²) in [5.41, 5.74) is 5.74. The lowest BCUT2D eigenvalue weighted by Crippen LogP contribution is -2.44. The summed E-state index contributed by atoms with van der Waals surface area (Å²) in [5.74, 6) is 0.603. The van der Waals surface area contributed by atoms with Gasteiger partial charge in [-0.25, -0.2) is 0 Å². The molecule has 2 rings (SSSR count). The van der Waals surface area contributed by atoms with Crippen molar-refractivity contribution in [1.82, 2.24) is 5.32 Å². The fourth-order valence-corrected chi connectivity index (χ4v) is 3.00. The lowest BCUT2D eigenvalue weighted by molar-refractivity contribution is 0.0928. The van der Waals surface area contributed by atoms with E-state index in [2.05, 4.69) is 5.32 Å². The Hall–Kier alpha value is -0.870. The van der Waals surface area contributed by atoms with Crippen LogP contribution in [0, 0.1) is 5.92 Å². The van der Waals surface area contributed by atoms with E-state index in [0.29, 0.717) is 12.5 Å². The fourth-order valence-electron chi connectivity index (χ4n) is 2.38. The van der Waals surface area contributed by atoms with E-state index in [1.54, 1.807) is 0 Å². The molecule has 0 spiro atoms. The summed E-state index contributed by atoms with van der Waals surface area (Å²) < 4.78 is 0. The first-order valence-corrected chi connectivity index (χ1v) is 6.73. The molecule has 1 aromatic rings. The summed E-state index contributed by atoms with van der Waals surface area (Å²) in [5, 5.41) is 4.98. The molecule has 1 amide bonds. The lowest BCUT2D eigenvalue weighted by atomic mass is 9.98. The van der Waals surface area contributed by atoms with Crippen molar-refractivity contribution in [3.05, 3.63) is 22.4 Å². The van der Waals surface area contributed by atoms with Gasteiger partial charge in [0.25, 0.3) is 5.91 Å². The maximum absolute atomic E-state index is 11.9. The second kappa shape index (κ2) is 5.46. The molecule has 1 fully saturated rings. The SMILES string of the molecule is NCC(NC(=O)c1cccs1)C1CCCC1. The van der Waals surface area contributed by atoms with Gasteiger partial charge in [0, 0.05) is 12.6 Å². The molecular weight excluding hydrogens is 220 g/mol. The molecule has 88 valence electrons. The van der Waals surface area contributed by atoms with Crippen LogP contribution in [0.15, 0.2) is 17.5 Å². The molecule has 3 nitrogen and oxygen atoms in total. The first-order chi connectivity index (χ1) is 7.81. The average Bonchev–Trinajstić information content (AvgIpc) is 2.96. The van der Waals surface area contributed by atoms with Gasteiger partial charge in [-0.3, -0.25) is 4.79 Å². The summed E-state index contributed by atoms with van der Waals surface area (Å²) in [6.45, 7) is 0.543. The zero-order valence-electron chi connectivity index (χ0n) is 9.32. The number of thiophene rings is 1. The highest BCUT2D eigenvalue weighted by Gasteiger charge is 2.25. The van der Waals surface area contributed by atoms with Gasteiger partial charge < -0.3 is 11.1 Å². The molecule has 3 N–H and O–H groups in total. The monoisotopic (exact) mass is 238 g/mol. The molecule has 1 saturated carbocycles. The number of nitrogens with two attached hydrogens (primary N) is 1. The zero-order valence-corrected chi connectivity index (χ0v) is 10.1. The van der Waals surface area contributed by atoms with Crippen molar-refractivity contribution < 1.29 is 4.79 Å². The van der Waals surface area contributed by atoms with Crippen LogP contribution in [0.4, 0.5) is 0 Å². The van der Waals surface area contributed by atoms with Crippen molar-refractivity contribution in [2.75, 3.05) is 6.54 Å². The smallest absolute Gasteiger partial charge is 0.261 e. The van der Waals surface area contributed by atoms with Crippen molar-refractivity contribution in [3.8, 4) is 0 Å². The third kappa shape index (κ3) is 2.62. The quantitative estimate of drug-likeness (QED) is 0.843. The van der Waals surface area contributed by atoms with Crippen LogP contribution in [0.3, 0.4) is 0 Å². The Morgan fingerprint density at radius 1 is 1.56 bits per heavy atom. The summed E-state index contributed by atoms with van der Waals surface area (Å²) in [6.07, 6.45) is 4.95. The molecule has 0 saturated heterocycles. The molecule has 4 heteroatoms. The minimum Gasteiger partial charge on any atom is -0.347 e. The summed E-state index contributed by atoms with van der Waals surface area (Å²) >= 11 is 1.47. The highest BCUT2D eigenvalue weighted by Crippen LogP contribution is 2.27. The predicted octanol–water partition coefficient (Wildman–Crippen LogP) is 2.00. The average molecular weight is 238 g/mol. The third-order valence-electron chi connectivity index (χ3n) is 3.28. The Labute approximate surface area is 100 Å². The number of nitrogens with one attached hydrogen (secondary N) is 1. The maximum atomic E-state index is 11.9. The van der Waals surface area contributed by atoms with Crippen molar-refractivity contribution in [2.24, 2.45) is 11.7 Å². The van der Waals surface area contributed by atoms with Gasteiger partial charge in [0.15, 0.2) is 0 Å². The van der Waals surface area contributed by atoms with Crippen molar-refractivity contribution in [2.45, 2.75) is 31.7 Å². The number of carbonyl (C=O) groups is 1. The molecule has 1 unspecified atom stereocenters. The number of hydrogen-bond acceptors (Lipinski definition) is 3. The van der Waals surface area contributed by atoms with E-state index < -0.39 is 0 Å². The topological polar surface area (TPSA) is 55.1 Å². The molecule has 16 heavy (non-hydrogen) atoms. The van der Waals surface area contributed by atoms with Crippen LogP contribution in [0.1, 0.15) is 35.4 Å². The van der Waals surface area contributed by atoms with E-state index >= 15 is 0 Å². The second-order valence-corrected chi connectivity index (χ2v) is 5.29. The van der Waals surface area contributed by atoms with Gasteiger partial charge in [-0.2, -0.15) is 0 Å². The Balaban J connectivity index is 1.93. The highest BCUT2D eigenvalue weighted by atomic mass is 32.1. The van der Waals surface area contributed by atoms with E-state index in [9.17, 15) is 4.79 Å². The van der Waals surface area contributed by atoms with Crippen LogP contribution >= 0.6 is 11.3 Å². The third-order valence-corrected chi connectivity index (χ3v) is 4.15. The number of hydrogen-bond donors (Lipinski definition) is 2. The molecule has 0 aliphatic heterocycles. The molecule has 1 aliphatic rings. The molecule has 1 heterocycles. The van der Waals surface area contributed by atoms with Gasteiger partial charge in [0.2, 0.25) is 0 Å². The van der Waals surface area contributed by atoms with Crippen molar-refractivity contribution >= 4 is 17.2 Å². The van der Waals surface area contributed by atoms with Crippen molar-refractivity contribution in [3.63, 3.8) is 0 Å². The number of rotatable bonds is 4. The summed E-state index contributed by atoms with van der Waals surface area (Å²) in [6, 6.07) is 3.89. The van der Waals surface area contributed by atoms with Gasteiger partial charge in [-0.1, -0.05) is 18.9 Å². The minimum absolute atomic E-state index is 0.0253. The van der Waals surface area contributed by atoms with Gasteiger partial charge in [-0.15, -0.1) is 11.3 Å².